The Balaban J connectivity index is 1.33. The summed E-state index contributed by atoms with van der Waals surface area (Å²) in [7, 11) is 0. The molecule has 0 amide bonds. The molecule has 2 atom stereocenters. The van der Waals surface area contributed by atoms with Gasteiger partial charge in [0.25, 0.3) is 0 Å². The maximum Gasteiger partial charge on any atom is 0.319 e. The van der Waals surface area contributed by atoms with Gasteiger partial charge >= 0.3 is 6.01 Å². The molecule has 42 heavy (non-hydrogen) atoms. The third kappa shape index (κ3) is 4.06. The topological polar surface area (TPSA) is 95.9 Å². The number of halogens is 2. The minimum absolute atomic E-state index is 0.00446. The minimum atomic E-state index is -0.638. The van der Waals surface area contributed by atoms with Gasteiger partial charge in [0.05, 0.1) is 11.6 Å². The molecule has 0 spiro atoms. The van der Waals surface area contributed by atoms with Crippen LogP contribution in [0.1, 0.15) is 32.6 Å². The fourth-order valence-corrected chi connectivity index (χ4v) is 7.69. The van der Waals surface area contributed by atoms with Crippen LogP contribution in [0.4, 0.5) is 10.2 Å². The van der Waals surface area contributed by atoms with Crippen LogP contribution in [0.5, 0.6) is 17.6 Å². The number of nitrogens with one attached hydrogen (secondary N) is 1. The van der Waals surface area contributed by atoms with E-state index in [9.17, 15) is 5.11 Å². The van der Waals surface area contributed by atoms with Crippen LogP contribution >= 0.6 is 11.6 Å². The molecular formula is C31H32ClFN6O3. The van der Waals surface area contributed by atoms with E-state index in [0.717, 1.165) is 38.8 Å². The van der Waals surface area contributed by atoms with Crippen molar-refractivity contribution >= 4 is 39.1 Å². The Morgan fingerprint density at radius 3 is 2.83 bits per heavy atom. The summed E-state index contributed by atoms with van der Waals surface area (Å²) in [4.78, 5) is 19.0. The first-order valence-electron chi connectivity index (χ1n) is 14.7. The maximum absolute atomic E-state index is 16.8. The highest BCUT2D eigenvalue weighted by molar-refractivity contribution is 6.36. The van der Waals surface area contributed by atoms with Crippen molar-refractivity contribution in [1.82, 2.24) is 25.2 Å². The molecular weight excluding hydrogens is 559 g/mol. The number of hydrogen-bond donors (Lipinski definition) is 2. The molecule has 3 fully saturated rings. The van der Waals surface area contributed by atoms with Gasteiger partial charge < -0.3 is 24.8 Å². The number of ether oxygens (including phenoxy) is 2. The van der Waals surface area contributed by atoms with Crippen LogP contribution in [0.3, 0.4) is 0 Å². The molecule has 3 saturated heterocycles. The van der Waals surface area contributed by atoms with Crippen LogP contribution in [0, 0.1) is 5.82 Å². The van der Waals surface area contributed by atoms with Crippen molar-refractivity contribution in [3.8, 4) is 28.9 Å². The van der Waals surface area contributed by atoms with Crippen molar-refractivity contribution in [2.45, 2.75) is 50.2 Å². The molecule has 2 aromatic heterocycles. The second-order valence-corrected chi connectivity index (χ2v) is 12.5. The first-order valence-corrected chi connectivity index (χ1v) is 15.1. The second kappa shape index (κ2) is 9.79. The number of pyridine rings is 1. The number of nitrogens with zero attached hydrogens (tertiary/aromatic N) is 5. The summed E-state index contributed by atoms with van der Waals surface area (Å²) >= 11 is 6.61. The molecule has 218 valence electrons. The lowest BCUT2D eigenvalue weighted by molar-refractivity contribution is 0.108. The third-order valence-electron chi connectivity index (χ3n) is 9.46. The van der Waals surface area contributed by atoms with E-state index in [0.29, 0.717) is 58.9 Å². The lowest BCUT2D eigenvalue weighted by Crippen LogP contribution is -2.57. The molecule has 0 radical (unpaired) electrons. The number of piperazine rings is 1. The van der Waals surface area contributed by atoms with E-state index < -0.39 is 5.82 Å². The highest BCUT2D eigenvalue weighted by Gasteiger charge is 2.45. The molecule has 2 aromatic carbocycles. The average Bonchev–Trinajstić information content (AvgIpc) is 3.52. The Bertz CT molecular complexity index is 1730. The van der Waals surface area contributed by atoms with Crippen LogP contribution in [-0.2, 0) is 0 Å². The predicted octanol–water partition coefficient (Wildman–Crippen LogP) is 4.91. The van der Waals surface area contributed by atoms with E-state index in [1.807, 2.05) is 6.07 Å². The summed E-state index contributed by atoms with van der Waals surface area (Å²) < 4.78 is 29.4. The number of anilines is 1. The number of phenols is 1. The second-order valence-electron chi connectivity index (χ2n) is 12.1. The smallest absolute Gasteiger partial charge is 0.319 e. The minimum Gasteiger partial charge on any atom is -0.508 e. The van der Waals surface area contributed by atoms with Gasteiger partial charge in [-0.25, -0.2) is 9.37 Å². The lowest BCUT2D eigenvalue weighted by atomic mass is 9.95. The summed E-state index contributed by atoms with van der Waals surface area (Å²) in [6.45, 7) is 6.46. The van der Waals surface area contributed by atoms with Crippen molar-refractivity contribution in [2.75, 3.05) is 44.3 Å². The normalized spacial score (nSPS) is 23.1. The summed E-state index contributed by atoms with van der Waals surface area (Å²) in [5.74, 6) is 0.171. The quantitative estimate of drug-likeness (QED) is 0.344. The largest absolute Gasteiger partial charge is 0.508 e. The SMILES string of the molecule is CC1CN2c3nc(OCC45CCCN4CCC5)nc4c(F)c(-c5cc(O)cc6cccc(Cl)c56)nc(c34)OCC2CN1. The van der Waals surface area contributed by atoms with E-state index in [1.165, 1.54) is 6.07 Å². The van der Waals surface area contributed by atoms with Gasteiger partial charge in [-0.15, -0.1) is 0 Å². The van der Waals surface area contributed by atoms with Crippen molar-refractivity contribution < 1.29 is 19.0 Å². The molecule has 0 bridgehead atoms. The Hall–Kier alpha value is -3.47. The summed E-state index contributed by atoms with van der Waals surface area (Å²) in [5, 5.41) is 16.2. The van der Waals surface area contributed by atoms with Crippen LogP contribution in [0.15, 0.2) is 30.3 Å². The first kappa shape index (κ1) is 26.2. The number of hydrogen-bond acceptors (Lipinski definition) is 9. The summed E-state index contributed by atoms with van der Waals surface area (Å²) in [6, 6.07) is 8.77. The highest BCUT2D eigenvalue weighted by Crippen LogP contribution is 2.44. The molecule has 6 heterocycles. The van der Waals surface area contributed by atoms with Gasteiger partial charge in [-0.3, -0.25) is 4.90 Å². The van der Waals surface area contributed by atoms with Gasteiger partial charge in [-0.1, -0.05) is 23.7 Å². The lowest BCUT2D eigenvalue weighted by Gasteiger charge is -2.38. The van der Waals surface area contributed by atoms with Crippen LogP contribution in [0.2, 0.25) is 5.02 Å². The van der Waals surface area contributed by atoms with Crippen LogP contribution in [0.25, 0.3) is 32.9 Å². The van der Waals surface area contributed by atoms with E-state index in [2.05, 4.69) is 27.0 Å². The fraction of sp³-hybridized carbons (Fsp3) is 0.452. The summed E-state index contributed by atoms with van der Waals surface area (Å²) in [6.07, 6.45) is 4.46. The molecule has 4 aliphatic heterocycles. The molecule has 11 heteroatoms. The monoisotopic (exact) mass is 590 g/mol. The molecule has 4 aromatic rings. The number of benzene rings is 2. The molecule has 0 saturated carbocycles. The van der Waals surface area contributed by atoms with Crippen LogP contribution in [-0.4, -0.2) is 82.0 Å². The number of aromatic nitrogens is 3. The van der Waals surface area contributed by atoms with Crippen molar-refractivity contribution in [3.05, 3.63) is 41.2 Å². The molecule has 0 aliphatic carbocycles. The van der Waals surface area contributed by atoms with Crippen molar-refractivity contribution in [2.24, 2.45) is 0 Å². The number of rotatable bonds is 4. The number of phenolic OH excluding ortho intramolecular Hbond substituents is 1. The fourth-order valence-electron chi connectivity index (χ4n) is 7.41. The van der Waals surface area contributed by atoms with E-state index in [1.54, 1.807) is 18.2 Å². The van der Waals surface area contributed by atoms with Gasteiger partial charge in [0.1, 0.15) is 41.4 Å². The highest BCUT2D eigenvalue weighted by atomic mass is 35.5. The van der Waals surface area contributed by atoms with Crippen molar-refractivity contribution in [3.63, 3.8) is 0 Å². The average molecular weight is 591 g/mol. The molecule has 2 N–H and O–H groups in total. The number of fused-ring (bicyclic) bond motifs is 4. The Labute approximate surface area is 247 Å². The van der Waals surface area contributed by atoms with Crippen LogP contribution < -0.4 is 19.7 Å². The Morgan fingerprint density at radius 2 is 2.00 bits per heavy atom. The Morgan fingerprint density at radius 1 is 1.17 bits per heavy atom. The maximum atomic E-state index is 16.8. The zero-order chi connectivity index (χ0) is 28.6. The van der Waals surface area contributed by atoms with Crippen molar-refractivity contribution in [1.29, 1.82) is 0 Å². The van der Waals surface area contributed by atoms with Gasteiger partial charge in [-0.2, -0.15) is 9.97 Å². The van der Waals surface area contributed by atoms with E-state index in [4.69, 9.17) is 31.0 Å². The zero-order valence-corrected chi connectivity index (χ0v) is 24.1. The standard InChI is InChI=1S/C31H32ClFN6O3/c1-17-14-39-19(13-34-17)15-41-29-24-27(36-30(37-28(24)39)42-16-31-7-3-9-38(31)10-4-8-31)25(33)26(35-29)21-12-20(40)11-18-5-2-6-22(32)23(18)21/h2,5-6,11-12,17,19,34,40H,3-4,7-10,13-16H2,1H3. The van der Waals surface area contributed by atoms with Gasteiger partial charge in [0.15, 0.2) is 5.82 Å². The molecule has 4 aliphatic rings. The molecule has 2 unspecified atom stereocenters. The van der Waals surface area contributed by atoms with E-state index in [-0.39, 0.29) is 46.5 Å². The summed E-state index contributed by atoms with van der Waals surface area (Å²) in [5.41, 5.74) is 0.440. The number of aromatic hydroxyl groups is 1. The zero-order valence-electron chi connectivity index (χ0n) is 23.4. The molecule has 9 nitrogen and oxygen atoms in total. The first-order chi connectivity index (χ1) is 20.4. The Kier molecular flexibility index (Phi) is 6.10. The van der Waals surface area contributed by atoms with Gasteiger partial charge in [0, 0.05) is 35.1 Å². The van der Waals surface area contributed by atoms with Gasteiger partial charge in [-0.05, 0) is 69.3 Å². The predicted molar refractivity (Wildman–Crippen MR) is 159 cm³/mol. The molecule has 8 rings (SSSR count). The van der Waals surface area contributed by atoms with E-state index >= 15 is 4.39 Å². The van der Waals surface area contributed by atoms with Gasteiger partial charge in [0.2, 0.25) is 5.88 Å². The third-order valence-corrected chi connectivity index (χ3v) is 9.77.